The van der Waals surface area contributed by atoms with Gasteiger partial charge in [0.05, 0.1) is 24.1 Å². The Morgan fingerprint density at radius 3 is 2.50 bits per heavy atom. The molecule has 1 saturated heterocycles. The topological polar surface area (TPSA) is 70.6 Å². The van der Waals surface area contributed by atoms with Crippen molar-refractivity contribution >= 4 is 23.2 Å². The van der Waals surface area contributed by atoms with Gasteiger partial charge in [0.15, 0.2) is 5.78 Å². The van der Waals surface area contributed by atoms with Crippen molar-refractivity contribution in [3.05, 3.63) is 35.5 Å². The highest BCUT2D eigenvalue weighted by molar-refractivity contribution is 6.02. The summed E-state index contributed by atoms with van der Waals surface area (Å²) in [6.45, 7) is 5.48. The molecule has 0 saturated carbocycles. The van der Waals surface area contributed by atoms with E-state index in [9.17, 15) is 4.79 Å². The smallest absolute Gasteiger partial charge is 0.227 e. The van der Waals surface area contributed by atoms with E-state index in [4.69, 9.17) is 9.72 Å². The second kappa shape index (κ2) is 7.66. The fourth-order valence-corrected chi connectivity index (χ4v) is 4.12. The molecular weight excluding hydrogens is 354 g/mol. The van der Waals surface area contributed by atoms with Gasteiger partial charge < -0.3 is 19.9 Å². The molecule has 1 aromatic carbocycles. The predicted octanol–water partition coefficient (Wildman–Crippen LogP) is 2.62. The van der Waals surface area contributed by atoms with Gasteiger partial charge in [0.25, 0.3) is 0 Å². The van der Waals surface area contributed by atoms with E-state index in [1.165, 1.54) is 0 Å². The number of methoxy groups -OCH3 is 1. The standard InChI is InChI=1S/C21H27N5O2/c1-14-12-15-19(17(27)13-14)20(22-2)24-21(23-15)26-10-8-25(9-11-26)16-6-4-5-7-18(16)28-3/h4-7,14H,8-13H2,1-3H3,(H,22,23,24)/t14-/m0/s1. The number of Topliss-reactive ketones (excluding diaryl/α,β-unsaturated/α-hetero) is 1. The lowest BCUT2D eigenvalue weighted by Crippen LogP contribution is -2.47. The van der Waals surface area contributed by atoms with Crippen molar-refractivity contribution in [3.8, 4) is 5.75 Å². The number of hydrogen-bond donors (Lipinski definition) is 1. The van der Waals surface area contributed by atoms with Crippen molar-refractivity contribution in [2.75, 3.05) is 55.5 Å². The summed E-state index contributed by atoms with van der Waals surface area (Å²) < 4.78 is 5.50. The van der Waals surface area contributed by atoms with E-state index in [2.05, 4.69) is 33.1 Å². The lowest BCUT2D eigenvalue weighted by atomic mass is 9.87. The summed E-state index contributed by atoms with van der Waals surface area (Å²) in [6, 6.07) is 8.11. The number of anilines is 3. The number of fused-ring (bicyclic) bond motifs is 1. The van der Waals surface area contributed by atoms with Crippen LogP contribution < -0.4 is 19.9 Å². The maximum Gasteiger partial charge on any atom is 0.227 e. The van der Waals surface area contributed by atoms with E-state index in [1.807, 2.05) is 25.2 Å². The molecule has 0 amide bonds. The molecule has 0 unspecified atom stereocenters. The van der Waals surface area contributed by atoms with Crippen LogP contribution in [-0.2, 0) is 6.42 Å². The average Bonchev–Trinajstić information content (AvgIpc) is 2.72. The van der Waals surface area contributed by atoms with Gasteiger partial charge in [0.1, 0.15) is 11.6 Å². The lowest BCUT2D eigenvalue weighted by Gasteiger charge is -2.37. The molecule has 7 heteroatoms. The van der Waals surface area contributed by atoms with Crippen LogP contribution in [0, 0.1) is 5.92 Å². The van der Waals surface area contributed by atoms with Crippen molar-refractivity contribution in [1.29, 1.82) is 0 Å². The van der Waals surface area contributed by atoms with Crippen LogP contribution in [0.15, 0.2) is 24.3 Å². The molecule has 1 fully saturated rings. The molecule has 1 atom stereocenters. The Morgan fingerprint density at radius 2 is 1.79 bits per heavy atom. The molecule has 2 heterocycles. The molecule has 2 aromatic rings. The van der Waals surface area contributed by atoms with Gasteiger partial charge >= 0.3 is 0 Å². The number of nitrogens with zero attached hydrogens (tertiary/aromatic N) is 4. The minimum absolute atomic E-state index is 0.144. The molecular formula is C21H27N5O2. The van der Waals surface area contributed by atoms with Crippen LogP contribution in [0.25, 0.3) is 0 Å². The Balaban J connectivity index is 1.55. The number of para-hydroxylation sites is 2. The van der Waals surface area contributed by atoms with E-state index in [1.54, 1.807) is 7.11 Å². The van der Waals surface area contributed by atoms with Crippen LogP contribution in [0.3, 0.4) is 0 Å². The fraction of sp³-hybridized carbons (Fsp3) is 0.476. The summed E-state index contributed by atoms with van der Waals surface area (Å²) >= 11 is 0. The van der Waals surface area contributed by atoms with Crippen LogP contribution in [0.1, 0.15) is 29.4 Å². The quantitative estimate of drug-likeness (QED) is 0.873. The van der Waals surface area contributed by atoms with Crippen LogP contribution in [0.2, 0.25) is 0 Å². The maximum absolute atomic E-state index is 12.5. The number of aromatic nitrogens is 2. The van der Waals surface area contributed by atoms with Gasteiger partial charge in [-0.15, -0.1) is 0 Å². The Kier molecular flexibility index (Phi) is 5.07. The van der Waals surface area contributed by atoms with Crippen molar-refractivity contribution in [2.24, 2.45) is 5.92 Å². The van der Waals surface area contributed by atoms with Gasteiger partial charge in [0.2, 0.25) is 5.95 Å². The van der Waals surface area contributed by atoms with E-state index in [0.29, 0.717) is 29.7 Å². The molecule has 0 spiro atoms. The molecule has 1 aliphatic heterocycles. The maximum atomic E-state index is 12.5. The first-order valence-corrected chi connectivity index (χ1v) is 9.85. The zero-order chi connectivity index (χ0) is 19.7. The predicted molar refractivity (Wildman–Crippen MR) is 111 cm³/mol. The first kappa shape index (κ1) is 18.5. The number of rotatable bonds is 4. The summed E-state index contributed by atoms with van der Waals surface area (Å²) in [5.74, 6) is 2.74. The Bertz CT molecular complexity index is 877. The number of carbonyl (C=O) groups is 1. The fourth-order valence-electron chi connectivity index (χ4n) is 4.12. The summed E-state index contributed by atoms with van der Waals surface area (Å²) in [4.78, 5) is 26.5. The first-order chi connectivity index (χ1) is 13.6. The minimum atomic E-state index is 0.144. The Hall–Kier alpha value is -2.83. The normalized spacial score (nSPS) is 19.4. The molecule has 2 aliphatic rings. The molecule has 1 N–H and O–H groups in total. The summed E-state index contributed by atoms with van der Waals surface area (Å²) in [5.41, 5.74) is 2.67. The molecule has 0 radical (unpaired) electrons. The van der Waals surface area contributed by atoms with E-state index in [-0.39, 0.29) is 5.78 Å². The van der Waals surface area contributed by atoms with Crippen molar-refractivity contribution in [1.82, 2.24) is 9.97 Å². The van der Waals surface area contributed by atoms with Gasteiger partial charge in [0, 0.05) is 39.6 Å². The SMILES string of the molecule is CNc1nc(N2CCN(c3ccccc3OC)CC2)nc2c1C(=O)C[C@@H](C)C2. The van der Waals surface area contributed by atoms with Crippen molar-refractivity contribution in [3.63, 3.8) is 0 Å². The average molecular weight is 381 g/mol. The molecule has 1 aromatic heterocycles. The molecule has 0 bridgehead atoms. The number of benzene rings is 1. The van der Waals surface area contributed by atoms with Gasteiger partial charge in [-0.2, -0.15) is 4.98 Å². The Labute approximate surface area is 165 Å². The number of piperazine rings is 1. The second-order valence-electron chi connectivity index (χ2n) is 7.53. The third-order valence-electron chi connectivity index (χ3n) is 5.55. The Morgan fingerprint density at radius 1 is 1.07 bits per heavy atom. The second-order valence-corrected chi connectivity index (χ2v) is 7.53. The van der Waals surface area contributed by atoms with Crippen LogP contribution in [0.4, 0.5) is 17.5 Å². The number of carbonyl (C=O) groups excluding carboxylic acids is 1. The molecule has 28 heavy (non-hydrogen) atoms. The van der Waals surface area contributed by atoms with Crippen LogP contribution in [0.5, 0.6) is 5.75 Å². The highest BCUT2D eigenvalue weighted by Gasteiger charge is 2.29. The highest BCUT2D eigenvalue weighted by Crippen LogP contribution is 2.32. The minimum Gasteiger partial charge on any atom is -0.495 e. The van der Waals surface area contributed by atoms with Crippen molar-refractivity contribution in [2.45, 2.75) is 19.8 Å². The zero-order valence-electron chi connectivity index (χ0n) is 16.7. The monoisotopic (exact) mass is 381 g/mol. The third-order valence-corrected chi connectivity index (χ3v) is 5.55. The number of nitrogens with one attached hydrogen (secondary N) is 1. The molecule has 7 nitrogen and oxygen atoms in total. The molecule has 148 valence electrons. The summed E-state index contributed by atoms with van der Waals surface area (Å²) in [5, 5.41) is 3.10. The molecule has 4 rings (SSSR count). The summed E-state index contributed by atoms with van der Waals surface area (Å²) in [6.07, 6.45) is 1.40. The number of ketones is 1. The largest absolute Gasteiger partial charge is 0.495 e. The molecule has 1 aliphatic carbocycles. The number of ether oxygens (including phenoxy) is 1. The summed E-state index contributed by atoms with van der Waals surface area (Å²) in [7, 11) is 3.52. The van der Waals surface area contributed by atoms with E-state index >= 15 is 0 Å². The van der Waals surface area contributed by atoms with Crippen LogP contribution in [-0.4, -0.2) is 56.1 Å². The van der Waals surface area contributed by atoms with Crippen LogP contribution >= 0.6 is 0 Å². The van der Waals surface area contributed by atoms with Gasteiger partial charge in [-0.25, -0.2) is 4.98 Å². The van der Waals surface area contributed by atoms with Gasteiger partial charge in [-0.05, 0) is 24.5 Å². The van der Waals surface area contributed by atoms with E-state index < -0.39 is 0 Å². The first-order valence-electron chi connectivity index (χ1n) is 9.85. The van der Waals surface area contributed by atoms with E-state index in [0.717, 1.165) is 49.7 Å². The zero-order valence-corrected chi connectivity index (χ0v) is 16.7. The third kappa shape index (κ3) is 3.37. The van der Waals surface area contributed by atoms with Gasteiger partial charge in [-0.1, -0.05) is 19.1 Å². The van der Waals surface area contributed by atoms with Gasteiger partial charge in [-0.3, -0.25) is 4.79 Å². The van der Waals surface area contributed by atoms with Crippen molar-refractivity contribution < 1.29 is 9.53 Å². The highest BCUT2D eigenvalue weighted by atomic mass is 16.5. The number of hydrogen-bond acceptors (Lipinski definition) is 7. The lowest BCUT2D eigenvalue weighted by molar-refractivity contribution is 0.0952.